The van der Waals surface area contributed by atoms with Gasteiger partial charge in [-0.2, -0.15) is 0 Å². The number of pyridine rings is 1. The van der Waals surface area contributed by atoms with E-state index in [0.29, 0.717) is 35.1 Å². The number of carbonyl (C=O) groups excluding carboxylic acids is 1. The lowest BCUT2D eigenvalue weighted by molar-refractivity contribution is -0.135. The third kappa shape index (κ3) is 4.09. The van der Waals surface area contributed by atoms with E-state index < -0.39 is 6.10 Å². The minimum Gasteiger partial charge on any atom is -0.368 e. The molecule has 0 radical (unpaired) electrons. The molecule has 1 aliphatic heterocycles. The zero-order chi connectivity index (χ0) is 19.3. The van der Waals surface area contributed by atoms with Crippen molar-refractivity contribution in [3.8, 4) is 22.6 Å². The van der Waals surface area contributed by atoms with Crippen LogP contribution in [0, 0.1) is 5.82 Å². The molecule has 3 aromatic rings. The number of amides is 1. The van der Waals surface area contributed by atoms with E-state index in [4.69, 9.17) is 4.74 Å². The number of H-pyrrole nitrogens is 1. The van der Waals surface area contributed by atoms with Crippen molar-refractivity contribution in [1.29, 1.82) is 0 Å². The molecule has 1 fully saturated rings. The molecular formula is C21H21FN4O2. The minimum atomic E-state index is -0.401. The van der Waals surface area contributed by atoms with E-state index in [0.717, 1.165) is 19.3 Å². The molecule has 6 nitrogen and oxygen atoms in total. The predicted molar refractivity (Wildman–Crippen MR) is 103 cm³/mol. The number of hydrogen-bond donors (Lipinski definition) is 2. The molecule has 2 N–H and O–H groups in total. The Bertz CT molecular complexity index is 952. The van der Waals surface area contributed by atoms with Crippen molar-refractivity contribution in [2.24, 2.45) is 0 Å². The highest BCUT2D eigenvalue weighted by atomic mass is 19.1. The van der Waals surface area contributed by atoms with Crippen LogP contribution in [-0.4, -0.2) is 33.6 Å². The van der Waals surface area contributed by atoms with Crippen molar-refractivity contribution < 1.29 is 13.9 Å². The summed E-state index contributed by atoms with van der Waals surface area (Å²) in [5.74, 6) is 0.101. The van der Waals surface area contributed by atoms with Crippen molar-refractivity contribution >= 4 is 5.91 Å². The second-order valence-corrected chi connectivity index (χ2v) is 6.71. The fourth-order valence-electron chi connectivity index (χ4n) is 3.28. The molecule has 0 spiro atoms. The van der Waals surface area contributed by atoms with Gasteiger partial charge in [-0.25, -0.2) is 9.37 Å². The zero-order valence-electron chi connectivity index (χ0n) is 15.3. The number of benzene rings is 1. The Hall–Kier alpha value is -3.06. The highest BCUT2D eigenvalue weighted by Gasteiger charge is 2.22. The number of aromatic amines is 1. The van der Waals surface area contributed by atoms with Gasteiger partial charge in [0.1, 0.15) is 17.7 Å². The Morgan fingerprint density at radius 2 is 2.18 bits per heavy atom. The molecule has 0 saturated carbocycles. The van der Waals surface area contributed by atoms with Crippen LogP contribution in [0.2, 0.25) is 0 Å². The van der Waals surface area contributed by atoms with Gasteiger partial charge in [0.15, 0.2) is 0 Å². The maximum absolute atomic E-state index is 13.7. The van der Waals surface area contributed by atoms with E-state index in [9.17, 15) is 9.18 Å². The van der Waals surface area contributed by atoms with E-state index in [1.807, 2.05) is 18.2 Å². The van der Waals surface area contributed by atoms with E-state index >= 15 is 0 Å². The molecule has 0 bridgehead atoms. The highest BCUT2D eigenvalue weighted by molar-refractivity contribution is 5.81. The molecular weight excluding hydrogens is 359 g/mol. The van der Waals surface area contributed by atoms with Crippen LogP contribution in [-0.2, 0) is 16.1 Å². The summed E-state index contributed by atoms with van der Waals surface area (Å²) in [5.41, 5.74) is 2.62. The molecule has 7 heteroatoms. The fourth-order valence-corrected chi connectivity index (χ4v) is 3.28. The smallest absolute Gasteiger partial charge is 0.249 e. The standard InChI is InChI=1S/C21H21FN4O2/c22-15-7-5-6-14(12-15)19-20(16-8-1-3-10-23-16)26-18(25-19)13-24-21(27)17-9-2-4-11-28-17/h1,3,5-8,10,12,17H,2,4,9,11,13H2,(H,24,27)(H,25,26). The molecule has 1 unspecified atom stereocenters. The molecule has 2 aromatic heterocycles. The van der Waals surface area contributed by atoms with Gasteiger partial charge >= 0.3 is 0 Å². The second kappa shape index (κ2) is 8.31. The van der Waals surface area contributed by atoms with E-state index in [-0.39, 0.29) is 18.3 Å². The third-order valence-electron chi connectivity index (χ3n) is 4.67. The van der Waals surface area contributed by atoms with Crippen molar-refractivity contribution in [1.82, 2.24) is 20.3 Å². The van der Waals surface area contributed by atoms with Gasteiger partial charge < -0.3 is 15.0 Å². The summed E-state index contributed by atoms with van der Waals surface area (Å²) in [6.45, 7) is 0.847. The van der Waals surface area contributed by atoms with Crippen LogP contribution in [0.4, 0.5) is 4.39 Å². The number of nitrogens with one attached hydrogen (secondary N) is 2. The van der Waals surface area contributed by atoms with Gasteiger partial charge in [0.2, 0.25) is 5.91 Å². The summed E-state index contributed by atoms with van der Waals surface area (Å²) >= 11 is 0. The van der Waals surface area contributed by atoms with Crippen LogP contribution < -0.4 is 5.32 Å². The predicted octanol–water partition coefficient (Wildman–Crippen LogP) is 3.46. The number of ether oxygens (including phenoxy) is 1. The van der Waals surface area contributed by atoms with Crippen molar-refractivity contribution in [3.63, 3.8) is 0 Å². The largest absolute Gasteiger partial charge is 0.368 e. The van der Waals surface area contributed by atoms with E-state index in [1.54, 1.807) is 18.3 Å². The van der Waals surface area contributed by atoms with Gasteiger partial charge in [0.25, 0.3) is 0 Å². The molecule has 1 aromatic carbocycles. The third-order valence-corrected chi connectivity index (χ3v) is 4.67. The summed E-state index contributed by atoms with van der Waals surface area (Å²) in [6, 6.07) is 11.8. The second-order valence-electron chi connectivity index (χ2n) is 6.71. The van der Waals surface area contributed by atoms with Gasteiger partial charge in [0.05, 0.1) is 23.6 Å². The monoisotopic (exact) mass is 380 g/mol. The van der Waals surface area contributed by atoms with Crippen LogP contribution in [0.5, 0.6) is 0 Å². The van der Waals surface area contributed by atoms with E-state index in [2.05, 4.69) is 20.3 Å². The summed E-state index contributed by atoms with van der Waals surface area (Å²) in [5, 5.41) is 2.87. The van der Waals surface area contributed by atoms with Gasteiger partial charge in [0, 0.05) is 18.4 Å². The number of rotatable bonds is 5. The van der Waals surface area contributed by atoms with Crippen LogP contribution in [0.15, 0.2) is 48.7 Å². The highest BCUT2D eigenvalue weighted by Crippen LogP contribution is 2.29. The lowest BCUT2D eigenvalue weighted by Gasteiger charge is -2.21. The normalized spacial score (nSPS) is 16.7. The molecule has 1 amide bonds. The SMILES string of the molecule is O=C(NCc1nc(-c2cccc(F)c2)c(-c2ccccn2)[nH]1)C1CCCCO1. The Morgan fingerprint density at radius 3 is 2.93 bits per heavy atom. The molecule has 3 heterocycles. The first-order chi connectivity index (χ1) is 13.7. The zero-order valence-corrected chi connectivity index (χ0v) is 15.3. The molecule has 1 atom stereocenters. The van der Waals surface area contributed by atoms with Crippen LogP contribution >= 0.6 is 0 Å². The Balaban J connectivity index is 1.59. The molecule has 28 heavy (non-hydrogen) atoms. The fraction of sp³-hybridized carbons (Fsp3) is 0.286. The first-order valence-electron chi connectivity index (χ1n) is 9.36. The Morgan fingerprint density at radius 1 is 1.25 bits per heavy atom. The van der Waals surface area contributed by atoms with Crippen molar-refractivity contribution in [2.75, 3.05) is 6.61 Å². The molecule has 0 aliphatic carbocycles. The Labute approximate surface area is 162 Å². The topological polar surface area (TPSA) is 79.9 Å². The lowest BCUT2D eigenvalue weighted by Crippen LogP contribution is -2.38. The lowest BCUT2D eigenvalue weighted by atomic mass is 10.1. The average Bonchev–Trinajstić information content (AvgIpc) is 3.18. The number of halogens is 1. The van der Waals surface area contributed by atoms with Gasteiger partial charge in [-0.3, -0.25) is 9.78 Å². The molecule has 4 rings (SSSR count). The first kappa shape index (κ1) is 18.3. The van der Waals surface area contributed by atoms with Crippen molar-refractivity contribution in [2.45, 2.75) is 31.9 Å². The number of carbonyl (C=O) groups is 1. The summed E-state index contributed by atoms with van der Waals surface area (Å²) in [7, 11) is 0. The maximum Gasteiger partial charge on any atom is 0.249 e. The van der Waals surface area contributed by atoms with Crippen molar-refractivity contribution in [3.05, 3.63) is 60.3 Å². The number of imidazole rings is 1. The molecule has 144 valence electrons. The van der Waals surface area contributed by atoms with Gasteiger partial charge in [-0.1, -0.05) is 18.2 Å². The summed E-state index contributed by atoms with van der Waals surface area (Å²) in [4.78, 5) is 24.5. The average molecular weight is 380 g/mol. The number of nitrogens with zero attached hydrogens (tertiary/aromatic N) is 2. The van der Waals surface area contributed by atoms with Gasteiger partial charge in [-0.15, -0.1) is 0 Å². The molecule has 1 saturated heterocycles. The number of aromatic nitrogens is 3. The summed E-state index contributed by atoms with van der Waals surface area (Å²) in [6.07, 6.45) is 4.01. The first-order valence-corrected chi connectivity index (χ1v) is 9.36. The summed E-state index contributed by atoms with van der Waals surface area (Å²) < 4.78 is 19.2. The maximum atomic E-state index is 13.7. The van der Waals surface area contributed by atoms with E-state index in [1.165, 1.54) is 12.1 Å². The van der Waals surface area contributed by atoms with Gasteiger partial charge in [-0.05, 0) is 43.5 Å². The number of hydrogen-bond acceptors (Lipinski definition) is 4. The Kier molecular flexibility index (Phi) is 5.43. The quantitative estimate of drug-likeness (QED) is 0.710. The minimum absolute atomic E-state index is 0.136. The van der Waals surface area contributed by atoms with Crippen LogP contribution in [0.3, 0.4) is 0 Å². The molecule has 1 aliphatic rings. The van der Waals surface area contributed by atoms with Crippen LogP contribution in [0.1, 0.15) is 25.1 Å². The van der Waals surface area contributed by atoms with Crippen LogP contribution in [0.25, 0.3) is 22.6 Å².